The van der Waals surface area contributed by atoms with Crippen LogP contribution in [0.3, 0.4) is 0 Å². The number of carbonyl (C=O) groups excluding carboxylic acids is 1. The van der Waals surface area contributed by atoms with Gasteiger partial charge in [-0.15, -0.1) is 16.4 Å². The van der Waals surface area contributed by atoms with E-state index >= 15 is 0 Å². The van der Waals surface area contributed by atoms with Crippen molar-refractivity contribution in [3.8, 4) is 0 Å². The van der Waals surface area contributed by atoms with Gasteiger partial charge in [-0.1, -0.05) is 0 Å². The van der Waals surface area contributed by atoms with E-state index in [-0.39, 0.29) is 18.4 Å². The average Bonchev–Trinajstić information content (AvgIpc) is 2.87. The second-order valence-corrected chi connectivity index (χ2v) is 3.98. The standard InChI is InChI=1S/C8H10N6OS/c9-8-12-5-14(13-8)4-6(15)11-3-7-10-1-2-16-7/h1-2,5H,3-4H2,(H2,9,13)(H,11,15). The lowest BCUT2D eigenvalue weighted by Gasteiger charge is -2.02. The highest BCUT2D eigenvalue weighted by Crippen LogP contribution is 2.02. The molecule has 0 aromatic carbocycles. The number of hydrogen-bond donors (Lipinski definition) is 2. The van der Waals surface area contributed by atoms with E-state index in [1.807, 2.05) is 5.38 Å². The molecule has 0 radical (unpaired) electrons. The lowest BCUT2D eigenvalue weighted by atomic mass is 10.5. The van der Waals surface area contributed by atoms with Crippen molar-refractivity contribution in [1.82, 2.24) is 25.1 Å². The summed E-state index contributed by atoms with van der Waals surface area (Å²) in [6, 6.07) is 0. The lowest BCUT2D eigenvalue weighted by Crippen LogP contribution is -2.27. The van der Waals surface area contributed by atoms with E-state index < -0.39 is 0 Å². The molecule has 2 aromatic heterocycles. The summed E-state index contributed by atoms with van der Waals surface area (Å²) in [6.07, 6.45) is 3.11. The zero-order valence-corrected chi connectivity index (χ0v) is 9.15. The summed E-state index contributed by atoms with van der Waals surface area (Å²) in [5, 5.41) is 9.26. The minimum atomic E-state index is -0.153. The summed E-state index contributed by atoms with van der Waals surface area (Å²) >= 11 is 1.49. The molecule has 0 atom stereocenters. The molecule has 0 spiro atoms. The maximum atomic E-state index is 11.5. The Bertz CT molecular complexity index is 465. The van der Waals surface area contributed by atoms with Crippen LogP contribution in [-0.2, 0) is 17.9 Å². The van der Waals surface area contributed by atoms with Crippen LogP contribution in [-0.4, -0.2) is 25.7 Å². The van der Waals surface area contributed by atoms with Crippen LogP contribution < -0.4 is 11.1 Å². The molecule has 0 bridgehead atoms. The molecule has 1 amide bonds. The van der Waals surface area contributed by atoms with Crippen molar-refractivity contribution in [3.63, 3.8) is 0 Å². The number of anilines is 1. The Balaban J connectivity index is 1.81. The molecule has 3 N–H and O–H groups in total. The summed E-state index contributed by atoms with van der Waals surface area (Å²) in [5.74, 6) is 0.00724. The fourth-order valence-electron chi connectivity index (χ4n) is 1.10. The summed E-state index contributed by atoms with van der Waals surface area (Å²) in [5.41, 5.74) is 5.32. The van der Waals surface area contributed by atoms with Gasteiger partial charge in [0, 0.05) is 11.6 Å². The molecule has 84 valence electrons. The van der Waals surface area contributed by atoms with Crippen LogP contribution in [0.25, 0.3) is 0 Å². The van der Waals surface area contributed by atoms with E-state index in [9.17, 15) is 4.79 Å². The van der Waals surface area contributed by atoms with Crippen molar-refractivity contribution in [3.05, 3.63) is 22.9 Å². The Labute approximate surface area is 95.3 Å². The van der Waals surface area contributed by atoms with Gasteiger partial charge in [0.15, 0.2) is 0 Å². The van der Waals surface area contributed by atoms with E-state index in [2.05, 4.69) is 20.4 Å². The third-order valence-corrected chi connectivity index (χ3v) is 2.56. The Kier molecular flexibility index (Phi) is 3.10. The molecule has 2 rings (SSSR count). The van der Waals surface area contributed by atoms with Crippen molar-refractivity contribution >= 4 is 23.2 Å². The van der Waals surface area contributed by atoms with Gasteiger partial charge >= 0.3 is 0 Å². The lowest BCUT2D eigenvalue weighted by molar-refractivity contribution is -0.122. The maximum absolute atomic E-state index is 11.5. The van der Waals surface area contributed by atoms with E-state index in [4.69, 9.17) is 5.73 Å². The van der Waals surface area contributed by atoms with E-state index in [1.54, 1.807) is 6.20 Å². The van der Waals surface area contributed by atoms with Crippen molar-refractivity contribution in [2.45, 2.75) is 13.1 Å². The summed E-state index contributed by atoms with van der Waals surface area (Å²) in [4.78, 5) is 19.2. The molecule has 2 aromatic rings. The topological polar surface area (TPSA) is 98.7 Å². The predicted octanol–water partition coefficient (Wildman–Crippen LogP) is -0.367. The van der Waals surface area contributed by atoms with Crippen LogP contribution in [0.5, 0.6) is 0 Å². The van der Waals surface area contributed by atoms with Crippen LogP contribution in [0.1, 0.15) is 5.01 Å². The Morgan fingerprint density at radius 3 is 3.06 bits per heavy atom. The number of nitrogens with two attached hydrogens (primary N) is 1. The average molecular weight is 238 g/mol. The maximum Gasteiger partial charge on any atom is 0.242 e. The Morgan fingerprint density at radius 1 is 1.56 bits per heavy atom. The first-order chi connectivity index (χ1) is 7.74. The highest BCUT2D eigenvalue weighted by atomic mass is 32.1. The van der Waals surface area contributed by atoms with Crippen LogP contribution in [0, 0.1) is 0 Å². The van der Waals surface area contributed by atoms with Gasteiger partial charge in [-0.2, -0.15) is 0 Å². The molecule has 0 unspecified atom stereocenters. The van der Waals surface area contributed by atoms with Gasteiger partial charge in [-0.25, -0.2) is 14.6 Å². The molecule has 0 aliphatic heterocycles. The van der Waals surface area contributed by atoms with Gasteiger partial charge in [0.05, 0.1) is 6.54 Å². The van der Waals surface area contributed by atoms with Gasteiger partial charge in [0.25, 0.3) is 0 Å². The van der Waals surface area contributed by atoms with Crippen LogP contribution in [0.15, 0.2) is 17.9 Å². The highest BCUT2D eigenvalue weighted by Gasteiger charge is 2.05. The quantitative estimate of drug-likeness (QED) is 0.757. The fourth-order valence-corrected chi connectivity index (χ4v) is 1.66. The minimum absolute atomic E-state index is 0.107. The number of aromatic nitrogens is 4. The van der Waals surface area contributed by atoms with Crippen LogP contribution in [0.4, 0.5) is 5.95 Å². The van der Waals surface area contributed by atoms with Gasteiger partial charge in [0.1, 0.15) is 17.9 Å². The van der Waals surface area contributed by atoms with Gasteiger partial charge in [-0.05, 0) is 0 Å². The molecule has 0 fully saturated rings. The summed E-state index contributed by atoms with van der Waals surface area (Å²) in [7, 11) is 0. The first-order valence-corrected chi connectivity index (χ1v) is 5.42. The Hall–Kier alpha value is -1.96. The summed E-state index contributed by atoms with van der Waals surface area (Å²) < 4.78 is 1.38. The van der Waals surface area contributed by atoms with Crippen molar-refractivity contribution in [1.29, 1.82) is 0 Å². The molecular formula is C8H10N6OS. The van der Waals surface area contributed by atoms with Gasteiger partial charge in [0.2, 0.25) is 11.9 Å². The largest absolute Gasteiger partial charge is 0.367 e. The molecule has 0 saturated heterocycles. The number of nitrogen functional groups attached to an aromatic ring is 1. The van der Waals surface area contributed by atoms with E-state index in [0.717, 1.165) is 5.01 Å². The fraction of sp³-hybridized carbons (Fsp3) is 0.250. The predicted molar refractivity (Wildman–Crippen MR) is 58.4 cm³/mol. The van der Waals surface area contributed by atoms with Gasteiger partial charge in [-0.3, -0.25) is 4.79 Å². The Morgan fingerprint density at radius 2 is 2.44 bits per heavy atom. The molecule has 16 heavy (non-hydrogen) atoms. The number of nitrogens with zero attached hydrogens (tertiary/aromatic N) is 4. The van der Waals surface area contributed by atoms with E-state index in [0.29, 0.717) is 6.54 Å². The number of thiazole rings is 1. The molecule has 0 aliphatic carbocycles. The van der Waals surface area contributed by atoms with Crippen LogP contribution in [0.2, 0.25) is 0 Å². The highest BCUT2D eigenvalue weighted by molar-refractivity contribution is 7.09. The molecule has 7 nitrogen and oxygen atoms in total. The zero-order valence-electron chi connectivity index (χ0n) is 8.33. The summed E-state index contributed by atoms with van der Waals surface area (Å²) in [6.45, 7) is 0.538. The normalized spacial score (nSPS) is 10.2. The van der Waals surface area contributed by atoms with Gasteiger partial charge < -0.3 is 11.1 Å². The van der Waals surface area contributed by atoms with Crippen molar-refractivity contribution in [2.24, 2.45) is 0 Å². The van der Waals surface area contributed by atoms with Crippen molar-refractivity contribution in [2.75, 3.05) is 5.73 Å². The second kappa shape index (κ2) is 4.71. The first kappa shape index (κ1) is 10.6. The molecule has 0 saturated carbocycles. The SMILES string of the molecule is Nc1ncn(CC(=O)NCc2nccs2)n1. The minimum Gasteiger partial charge on any atom is -0.367 e. The third kappa shape index (κ3) is 2.76. The molecule has 0 aliphatic rings. The number of nitrogens with one attached hydrogen (secondary N) is 1. The molecular weight excluding hydrogens is 228 g/mol. The number of amides is 1. The monoisotopic (exact) mass is 238 g/mol. The zero-order chi connectivity index (χ0) is 11.4. The van der Waals surface area contributed by atoms with E-state index in [1.165, 1.54) is 22.3 Å². The van der Waals surface area contributed by atoms with Crippen LogP contribution >= 0.6 is 11.3 Å². The molecule has 2 heterocycles. The smallest absolute Gasteiger partial charge is 0.242 e. The first-order valence-electron chi connectivity index (χ1n) is 4.54. The molecule has 8 heteroatoms. The number of hydrogen-bond acceptors (Lipinski definition) is 6. The third-order valence-electron chi connectivity index (χ3n) is 1.78. The second-order valence-electron chi connectivity index (χ2n) is 3.00. The van der Waals surface area contributed by atoms with Crippen molar-refractivity contribution < 1.29 is 4.79 Å². The number of rotatable bonds is 4. The number of carbonyl (C=O) groups is 1.